The minimum Gasteiger partial charge on any atom is -0.379 e. The van der Waals surface area contributed by atoms with Crippen LogP contribution in [0, 0.1) is 0 Å². The van der Waals surface area contributed by atoms with Crippen LogP contribution in [0.4, 0.5) is 11.5 Å². The molecule has 0 aliphatic carbocycles. The number of nitrogens with zero attached hydrogens (tertiary/aromatic N) is 3. The minimum atomic E-state index is -0.205. The van der Waals surface area contributed by atoms with E-state index in [0.717, 1.165) is 61.4 Å². The molecule has 3 N–H and O–H groups in total. The number of ether oxygens (including phenoxy) is 1. The van der Waals surface area contributed by atoms with Crippen molar-refractivity contribution in [2.75, 3.05) is 43.5 Å². The van der Waals surface area contributed by atoms with Crippen LogP contribution in [0.15, 0.2) is 67.1 Å². The smallest absolute Gasteiger partial charge is 0.259 e. The van der Waals surface area contributed by atoms with E-state index in [2.05, 4.69) is 36.6 Å². The first-order chi connectivity index (χ1) is 16.7. The van der Waals surface area contributed by atoms with Crippen LogP contribution >= 0.6 is 0 Å². The number of carbonyl (C=O) groups is 1. The number of aromatic nitrogens is 3. The summed E-state index contributed by atoms with van der Waals surface area (Å²) in [7, 11) is 0. The van der Waals surface area contributed by atoms with Gasteiger partial charge in [-0.2, -0.15) is 0 Å². The van der Waals surface area contributed by atoms with E-state index in [4.69, 9.17) is 4.74 Å². The van der Waals surface area contributed by atoms with E-state index in [0.29, 0.717) is 17.9 Å². The van der Waals surface area contributed by atoms with Crippen molar-refractivity contribution < 1.29 is 9.53 Å². The number of benzene rings is 1. The highest BCUT2D eigenvalue weighted by Gasteiger charge is 2.14. The molecule has 8 heteroatoms. The number of hydrogen-bond donors (Lipinski definition) is 3. The van der Waals surface area contributed by atoms with Gasteiger partial charge in [-0.3, -0.25) is 14.7 Å². The number of anilines is 2. The Bertz CT molecular complexity index is 1250. The van der Waals surface area contributed by atoms with E-state index in [9.17, 15) is 4.79 Å². The molecule has 1 fully saturated rings. The molecule has 34 heavy (non-hydrogen) atoms. The Hall–Kier alpha value is -3.75. The van der Waals surface area contributed by atoms with Gasteiger partial charge in [-0.15, -0.1) is 0 Å². The number of rotatable bonds is 8. The highest BCUT2D eigenvalue weighted by atomic mass is 16.5. The Balaban J connectivity index is 1.24. The molecule has 0 radical (unpaired) electrons. The molecular weight excluding hydrogens is 428 g/mol. The van der Waals surface area contributed by atoms with Crippen LogP contribution in [-0.2, 0) is 17.7 Å². The van der Waals surface area contributed by atoms with E-state index in [1.54, 1.807) is 30.7 Å². The summed E-state index contributed by atoms with van der Waals surface area (Å²) in [6.45, 7) is 5.17. The van der Waals surface area contributed by atoms with E-state index in [1.807, 2.05) is 30.3 Å². The van der Waals surface area contributed by atoms with Crippen molar-refractivity contribution in [2.45, 2.75) is 13.0 Å². The maximum Gasteiger partial charge on any atom is 0.259 e. The average molecular weight is 457 g/mol. The first kappa shape index (κ1) is 22.1. The van der Waals surface area contributed by atoms with Gasteiger partial charge in [0.2, 0.25) is 0 Å². The fourth-order valence-corrected chi connectivity index (χ4v) is 4.12. The van der Waals surface area contributed by atoms with E-state index in [-0.39, 0.29) is 5.91 Å². The second kappa shape index (κ2) is 10.5. The fraction of sp³-hybridized carbons (Fsp3) is 0.269. The molecule has 4 heterocycles. The van der Waals surface area contributed by atoms with E-state index >= 15 is 0 Å². The lowest BCUT2D eigenvalue weighted by molar-refractivity contribution is 0.0383. The molecule has 1 aliphatic rings. The van der Waals surface area contributed by atoms with Crippen LogP contribution in [0.25, 0.3) is 10.9 Å². The molecule has 1 aliphatic heterocycles. The summed E-state index contributed by atoms with van der Waals surface area (Å²) in [5, 5.41) is 7.40. The predicted molar refractivity (Wildman–Crippen MR) is 133 cm³/mol. The number of nitrogens with one attached hydrogen (secondary N) is 3. The molecular formula is C26H28N6O2. The molecule has 3 aromatic heterocycles. The number of aromatic amines is 1. The van der Waals surface area contributed by atoms with Crippen LogP contribution < -0.4 is 10.6 Å². The number of fused-ring (bicyclic) bond motifs is 1. The van der Waals surface area contributed by atoms with Crippen LogP contribution in [0.5, 0.6) is 0 Å². The molecule has 1 aromatic carbocycles. The normalized spacial score (nSPS) is 14.2. The number of H-pyrrole nitrogens is 1. The maximum atomic E-state index is 13.0. The SMILES string of the molecule is O=C(Nc1ccc2cc(CCN3CCOCC3)[nH]c2c1)c1cccnc1NCc1ccncc1. The molecule has 4 aromatic rings. The van der Waals surface area contributed by atoms with Gasteiger partial charge in [0.15, 0.2) is 0 Å². The van der Waals surface area contributed by atoms with E-state index in [1.165, 1.54) is 5.69 Å². The van der Waals surface area contributed by atoms with Crippen LogP contribution in [0.2, 0.25) is 0 Å². The summed E-state index contributed by atoms with van der Waals surface area (Å²) in [6, 6.07) is 15.5. The maximum absolute atomic E-state index is 13.0. The van der Waals surface area contributed by atoms with Gasteiger partial charge in [-0.25, -0.2) is 4.98 Å². The second-order valence-corrected chi connectivity index (χ2v) is 8.36. The second-order valence-electron chi connectivity index (χ2n) is 8.36. The zero-order chi connectivity index (χ0) is 23.2. The highest BCUT2D eigenvalue weighted by molar-refractivity contribution is 6.08. The molecule has 1 amide bonds. The van der Waals surface area contributed by atoms with Crippen molar-refractivity contribution in [1.29, 1.82) is 0 Å². The lowest BCUT2D eigenvalue weighted by atomic mass is 10.2. The van der Waals surface area contributed by atoms with Crippen molar-refractivity contribution in [3.63, 3.8) is 0 Å². The Morgan fingerprint density at radius 3 is 2.76 bits per heavy atom. The summed E-state index contributed by atoms with van der Waals surface area (Å²) >= 11 is 0. The molecule has 174 valence electrons. The number of morpholine rings is 1. The van der Waals surface area contributed by atoms with Gasteiger partial charge in [0.25, 0.3) is 5.91 Å². The van der Waals surface area contributed by atoms with Crippen molar-refractivity contribution in [1.82, 2.24) is 19.9 Å². The van der Waals surface area contributed by atoms with Crippen molar-refractivity contribution in [3.8, 4) is 0 Å². The van der Waals surface area contributed by atoms with Gasteiger partial charge in [0.1, 0.15) is 5.82 Å². The summed E-state index contributed by atoms with van der Waals surface area (Å²) in [6.07, 6.45) is 6.12. The number of amides is 1. The highest BCUT2D eigenvalue weighted by Crippen LogP contribution is 2.22. The topological polar surface area (TPSA) is 95.2 Å². The monoisotopic (exact) mass is 456 g/mol. The Labute approximate surface area is 198 Å². The lowest BCUT2D eigenvalue weighted by Gasteiger charge is -2.26. The molecule has 0 unspecified atom stereocenters. The quantitative estimate of drug-likeness (QED) is 0.374. The Kier molecular flexibility index (Phi) is 6.78. The van der Waals surface area contributed by atoms with Crippen LogP contribution in [0.3, 0.4) is 0 Å². The van der Waals surface area contributed by atoms with Crippen molar-refractivity contribution in [2.24, 2.45) is 0 Å². The Morgan fingerprint density at radius 1 is 1.06 bits per heavy atom. The number of hydrogen-bond acceptors (Lipinski definition) is 6. The molecule has 8 nitrogen and oxygen atoms in total. The summed E-state index contributed by atoms with van der Waals surface area (Å²) in [5.74, 6) is 0.340. The predicted octanol–water partition coefficient (Wildman–Crippen LogP) is 3.70. The number of pyridine rings is 2. The largest absolute Gasteiger partial charge is 0.379 e. The van der Waals surface area contributed by atoms with Gasteiger partial charge in [-0.05, 0) is 53.4 Å². The summed E-state index contributed by atoms with van der Waals surface area (Å²) < 4.78 is 5.42. The standard InChI is InChI=1S/C26H28N6O2/c33-26(23-2-1-8-28-25(23)29-18-19-5-9-27-10-6-19)31-21-4-3-20-16-22(30-24(20)17-21)7-11-32-12-14-34-15-13-32/h1-6,8-10,16-17,30H,7,11-15,18H2,(H,28,29)(H,31,33). The minimum absolute atomic E-state index is 0.205. The molecule has 0 spiro atoms. The van der Waals surface area contributed by atoms with Gasteiger partial charge in [0.05, 0.1) is 18.8 Å². The van der Waals surface area contributed by atoms with Crippen LogP contribution in [0.1, 0.15) is 21.6 Å². The molecule has 0 atom stereocenters. The first-order valence-electron chi connectivity index (χ1n) is 11.6. The van der Waals surface area contributed by atoms with Gasteiger partial charge < -0.3 is 20.4 Å². The molecule has 1 saturated heterocycles. The molecule has 5 rings (SSSR count). The molecule has 0 bridgehead atoms. The summed E-state index contributed by atoms with van der Waals surface area (Å²) in [5.41, 5.74) is 4.50. The Morgan fingerprint density at radius 2 is 1.91 bits per heavy atom. The third-order valence-corrected chi connectivity index (χ3v) is 6.00. The summed E-state index contributed by atoms with van der Waals surface area (Å²) in [4.78, 5) is 27.4. The first-order valence-corrected chi connectivity index (χ1v) is 11.6. The third kappa shape index (κ3) is 5.41. The number of carbonyl (C=O) groups excluding carboxylic acids is 1. The van der Waals surface area contributed by atoms with Crippen LogP contribution in [-0.4, -0.2) is 58.6 Å². The van der Waals surface area contributed by atoms with Gasteiger partial charge >= 0.3 is 0 Å². The van der Waals surface area contributed by atoms with Crippen molar-refractivity contribution >= 4 is 28.3 Å². The zero-order valence-electron chi connectivity index (χ0n) is 19.0. The van der Waals surface area contributed by atoms with Crippen molar-refractivity contribution in [3.05, 3.63) is 83.9 Å². The fourth-order valence-electron chi connectivity index (χ4n) is 4.12. The average Bonchev–Trinajstić information content (AvgIpc) is 3.30. The molecule has 0 saturated carbocycles. The van der Waals surface area contributed by atoms with E-state index < -0.39 is 0 Å². The van der Waals surface area contributed by atoms with Gasteiger partial charge in [-0.1, -0.05) is 6.07 Å². The van der Waals surface area contributed by atoms with Gasteiger partial charge in [0, 0.05) is 68.1 Å². The lowest BCUT2D eigenvalue weighted by Crippen LogP contribution is -2.37. The third-order valence-electron chi connectivity index (χ3n) is 6.00. The zero-order valence-corrected chi connectivity index (χ0v) is 19.0.